The van der Waals surface area contributed by atoms with Crippen LogP contribution in [-0.4, -0.2) is 23.8 Å². The van der Waals surface area contributed by atoms with Crippen molar-refractivity contribution in [2.75, 3.05) is 7.11 Å². The molecule has 1 aromatic carbocycles. The van der Waals surface area contributed by atoms with Gasteiger partial charge in [0.2, 0.25) is 5.78 Å². The van der Waals surface area contributed by atoms with E-state index in [0.29, 0.717) is 22.5 Å². The number of aryl methyl sites for hydroxylation is 2. The van der Waals surface area contributed by atoms with E-state index in [1.54, 1.807) is 19.9 Å². The molecule has 0 atom stereocenters. The van der Waals surface area contributed by atoms with E-state index in [-0.39, 0.29) is 5.78 Å². The van der Waals surface area contributed by atoms with E-state index in [4.69, 9.17) is 4.74 Å². The van der Waals surface area contributed by atoms with Crippen LogP contribution in [0, 0.1) is 20.8 Å². The molecule has 0 spiro atoms. The van der Waals surface area contributed by atoms with E-state index in [1.807, 2.05) is 31.2 Å². The first kappa shape index (κ1) is 15.8. The summed E-state index contributed by atoms with van der Waals surface area (Å²) < 4.78 is 4.74. The molecule has 1 N–H and O–H groups in total. The van der Waals surface area contributed by atoms with Crippen molar-refractivity contribution in [1.29, 1.82) is 0 Å². The summed E-state index contributed by atoms with van der Waals surface area (Å²) in [7, 11) is 1.33. The number of ether oxygens (including phenoxy) is 1. The van der Waals surface area contributed by atoms with Crippen molar-refractivity contribution in [3.05, 3.63) is 64.0 Å². The molecule has 0 fully saturated rings. The highest BCUT2D eigenvalue weighted by atomic mass is 16.5. The largest absolute Gasteiger partial charge is 0.465 e. The number of esters is 1. The second-order valence-corrected chi connectivity index (χ2v) is 5.22. The Bertz CT molecular complexity index is 736. The molecule has 22 heavy (non-hydrogen) atoms. The minimum absolute atomic E-state index is 0.170. The van der Waals surface area contributed by atoms with Crippen molar-refractivity contribution in [3.8, 4) is 0 Å². The maximum absolute atomic E-state index is 12.3. The van der Waals surface area contributed by atoms with Crippen LogP contribution in [0.25, 0.3) is 6.08 Å². The monoisotopic (exact) mass is 297 g/mol. The third-order valence-corrected chi connectivity index (χ3v) is 3.58. The second kappa shape index (κ2) is 6.43. The van der Waals surface area contributed by atoms with Crippen LogP contribution in [0.1, 0.15) is 43.2 Å². The number of hydrogen-bond donors (Lipinski definition) is 1. The maximum atomic E-state index is 12.3. The zero-order valence-electron chi connectivity index (χ0n) is 13.2. The number of H-pyrrole nitrogens is 1. The highest BCUT2D eigenvalue weighted by molar-refractivity contribution is 6.08. The Kier molecular flexibility index (Phi) is 4.61. The van der Waals surface area contributed by atoms with E-state index in [1.165, 1.54) is 18.7 Å². The topological polar surface area (TPSA) is 59.2 Å². The number of aromatic amines is 1. The molecule has 0 aliphatic rings. The van der Waals surface area contributed by atoms with Gasteiger partial charge in [-0.2, -0.15) is 0 Å². The summed E-state index contributed by atoms with van der Waals surface area (Å²) in [6.07, 6.45) is 3.26. The van der Waals surface area contributed by atoms with Crippen LogP contribution in [0.5, 0.6) is 0 Å². The number of nitrogens with one attached hydrogen (secondary N) is 1. The molecule has 0 bridgehead atoms. The number of carbonyl (C=O) groups is 2. The third kappa shape index (κ3) is 3.17. The maximum Gasteiger partial charge on any atom is 0.339 e. The van der Waals surface area contributed by atoms with Crippen LogP contribution in [0.2, 0.25) is 0 Å². The molecule has 2 aromatic rings. The van der Waals surface area contributed by atoms with Gasteiger partial charge in [0.15, 0.2) is 0 Å². The van der Waals surface area contributed by atoms with E-state index >= 15 is 0 Å². The number of carbonyl (C=O) groups excluding carboxylic acids is 2. The third-order valence-electron chi connectivity index (χ3n) is 3.58. The molecule has 4 nitrogen and oxygen atoms in total. The van der Waals surface area contributed by atoms with Gasteiger partial charge in [-0.25, -0.2) is 4.79 Å². The molecule has 1 aromatic heterocycles. The molecular weight excluding hydrogens is 278 g/mol. The number of allylic oxidation sites excluding steroid dienone is 1. The molecule has 0 saturated carbocycles. The first-order chi connectivity index (χ1) is 10.4. The SMILES string of the molecule is COC(=O)c1c(C)[nH]c(C(=O)/C=C/c2ccc(C)cc2)c1C. The lowest BCUT2D eigenvalue weighted by Crippen LogP contribution is -2.04. The summed E-state index contributed by atoms with van der Waals surface area (Å²) in [6, 6.07) is 7.88. The van der Waals surface area contributed by atoms with Gasteiger partial charge in [0.25, 0.3) is 0 Å². The average molecular weight is 297 g/mol. The van der Waals surface area contributed by atoms with Crippen LogP contribution >= 0.6 is 0 Å². The Morgan fingerprint density at radius 2 is 1.73 bits per heavy atom. The number of ketones is 1. The zero-order valence-corrected chi connectivity index (χ0v) is 13.2. The van der Waals surface area contributed by atoms with Gasteiger partial charge in [-0.3, -0.25) is 4.79 Å². The van der Waals surface area contributed by atoms with Crippen LogP contribution in [-0.2, 0) is 4.74 Å². The number of rotatable bonds is 4. The van der Waals surface area contributed by atoms with E-state index < -0.39 is 5.97 Å². The van der Waals surface area contributed by atoms with Gasteiger partial charge >= 0.3 is 5.97 Å². The Morgan fingerprint density at radius 1 is 1.09 bits per heavy atom. The van der Waals surface area contributed by atoms with Crippen LogP contribution in [0.3, 0.4) is 0 Å². The van der Waals surface area contributed by atoms with E-state index in [2.05, 4.69) is 4.98 Å². The van der Waals surface area contributed by atoms with Gasteiger partial charge in [0.1, 0.15) is 0 Å². The molecule has 0 radical (unpaired) electrons. The Balaban J connectivity index is 2.27. The smallest absolute Gasteiger partial charge is 0.339 e. The fraction of sp³-hybridized carbons (Fsp3) is 0.222. The standard InChI is InChI=1S/C18H19NO3/c1-11-5-7-14(8-6-11)9-10-15(20)17-12(2)16(13(3)19-17)18(21)22-4/h5-10,19H,1-4H3/b10-9+. The van der Waals surface area contributed by atoms with Crippen LogP contribution in [0.4, 0.5) is 0 Å². The van der Waals surface area contributed by atoms with Gasteiger partial charge in [-0.1, -0.05) is 35.9 Å². The van der Waals surface area contributed by atoms with Crippen molar-refractivity contribution in [1.82, 2.24) is 4.98 Å². The second-order valence-electron chi connectivity index (χ2n) is 5.22. The summed E-state index contributed by atoms with van der Waals surface area (Å²) >= 11 is 0. The number of aromatic nitrogens is 1. The highest BCUT2D eigenvalue weighted by Gasteiger charge is 2.21. The van der Waals surface area contributed by atoms with Crippen molar-refractivity contribution in [2.24, 2.45) is 0 Å². The molecule has 1 heterocycles. The molecule has 114 valence electrons. The molecule has 4 heteroatoms. The van der Waals surface area contributed by atoms with E-state index in [0.717, 1.165) is 5.56 Å². The lowest BCUT2D eigenvalue weighted by molar-refractivity contribution is 0.0599. The Hall–Kier alpha value is -2.62. The summed E-state index contributed by atoms with van der Waals surface area (Å²) in [6.45, 7) is 5.50. The normalized spacial score (nSPS) is 10.9. The van der Waals surface area contributed by atoms with Gasteiger partial charge in [0, 0.05) is 5.69 Å². The molecule has 0 unspecified atom stereocenters. The van der Waals surface area contributed by atoms with Crippen molar-refractivity contribution in [2.45, 2.75) is 20.8 Å². The lowest BCUT2D eigenvalue weighted by Gasteiger charge is -1.99. The average Bonchev–Trinajstić information content (AvgIpc) is 2.80. The minimum atomic E-state index is -0.437. The summed E-state index contributed by atoms with van der Waals surface area (Å²) in [5.41, 5.74) is 4.21. The van der Waals surface area contributed by atoms with Crippen LogP contribution < -0.4 is 0 Å². The first-order valence-electron chi connectivity index (χ1n) is 7.00. The number of methoxy groups -OCH3 is 1. The summed E-state index contributed by atoms with van der Waals surface area (Å²) in [4.78, 5) is 27.0. The Morgan fingerprint density at radius 3 is 2.32 bits per heavy atom. The molecule has 0 aliphatic heterocycles. The van der Waals surface area contributed by atoms with E-state index in [9.17, 15) is 9.59 Å². The molecular formula is C18H19NO3. The van der Waals surface area contributed by atoms with Crippen molar-refractivity contribution < 1.29 is 14.3 Å². The lowest BCUT2D eigenvalue weighted by atomic mass is 10.1. The summed E-state index contributed by atoms with van der Waals surface area (Å²) in [5.74, 6) is -0.607. The van der Waals surface area contributed by atoms with Crippen molar-refractivity contribution >= 4 is 17.8 Å². The van der Waals surface area contributed by atoms with Gasteiger partial charge < -0.3 is 9.72 Å². The predicted octanol–water partition coefficient (Wildman–Crippen LogP) is 3.62. The summed E-state index contributed by atoms with van der Waals surface area (Å²) in [5, 5.41) is 0. The first-order valence-corrected chi connectivity index (χ1v) is 7.00. The molecule has 0 saturated heterocycles. The minimum Gasteiger partial charge on any atom is -0.465 e. The quantitative estimate of drug-likeness (QED) is 0.532. The Labute approximate surface area is 129 Å². The fourth-order valence-corrected chi connectivity index (χ4v) is 2.34. The number of benzene rings is 1. The number of hydrogen-bond acceptors (Lipinski definition) is 3. The van der Waals surface area contributed by atoms with Crippen molar-refractivity contribution in [3.63, 3.8) is 0 Å². The van der Waals surface area contributed by atoms with Gasteiger partial charge in [0.05, 0.1) is 18.4 Å². The predicted molar refractivity (Wildman–Crippen MR) is 86.1 cm³/mol. The molecule has 2 rings (SSSR count). The highest BCUT2D eigenvalue weighted by Crippen LogP contribution is 2.20. The molecule has 0 amide bonds. The zero-order chi connectivity index (χ0) is 16.3. The fourth-order valence-electron chi connectivity index (χ4n) is 2.34. The van der Waals surface area contributed by atoms with Crippen LogP contribution in [0.15, 0.2) is 30.3 Å². The molecule has 0 aliphatic carbocycles. The van der Waals surface area contributed by atoms with Gasteiger partial charge in [-0.15, -0.1) is 0 Å². The van der Waals surface area contributed by atoms with Gasteiger partial charge in [-0.05, 0) is 38.0 Å².